The monoisotopic (exact) mass is 530 g/mol. The van der Waals surface area contributed by atoms with Gasteiger partial charge in [0.25, 0.3) is 0 Å². The van der Waals surface area contributed by atoms with E-state index in [1.807, 2.05) is 11.8 Å². The molecule has 2 heterocycles. The van der Waals surface area contributed by atoms with Gasteiger partial charge >= 0.3 is 0 Å². The number of hydrogen-bond donors (Lipinski definition) is 2. The van der Waals surface area contributed by atoms with Crippen molar-refractivity contribution in [2.75, 3.05) is 39.4 Å². The third-order valence-corrected chi connectivity index (χ3v) is 5.27. The molecule has 1 amide bonds. The number of hydrogen-bond acceptors (Lipinski definition) is 4. The second-order valence-corrected chi connectivity index (χ2v) is 7.70. The zero-order valence-corrected chi connectivity index (χ0v) is 20.4. The van der Waals surface area contributed by atoms with Gasteiger partial charge in [-0.1, -0.05) is 12.1 Å². The van der Waals surface area contributed by atoms with Crippen LogP contribution in [0, 0.1) is 6.92 Å². The topological polar surface area (TPSA) is 75.2 Å². The molecule has 2 aliphatic heterocycles. The molecule has 7 nitrogen and oxygen atoms in total. The molecule has 2 saturated heterocycles. The van der Waals surface area contributed by atoms with Crippen molar-refractivity contribution in [1.82, 2.24) is 15.5 Å². The second-order valence-electron chi connectivity index (χ2n) is 7.70. The van der Waals surface area contributed by atoms with Crippen molar-refractivity contribution in [1.29, 1.82) is 0 Å². The highest BCUT2D eigenvalue weighted by molar-refractivity contribution is 14.0. The third kappa shape index (κ3) is 7.61. The lowest BCUT2D eigenvalue weighted by Gasteiger charge is -2.27. The number of aliphatic imine (C=N–C) groups is 1. The number of aryl methyl sites for hydroxylation is 1. The van der Waals surface area contributed by atoms with Crippen LogP contribution >= 0.6 is 24.0 Å². The number of nitrogens with one attached hydrogen (secondary N) is 2. The molecule has 0 aromatic heterocycles. The van der Waals surface area contributed by atoms with E-state index in [9.17, 15) is 4.79 Å². The van der Waals surface area contributed by atoms with Crippen LogP contribution in [0.4, 0.5) is 0 Å². The number of ether oxygens (including phenoxy) is 2. The molecule has 2 aliphatic rings. The van der Waals surface area contributed by atoms with Gasteiger partial charge < -0.3 is 25.0 Å². The van der Waals surface area contributed by atoms with E-state index in [1.165, 1.54) is 6.42 Å². The number of carbonyl (C=O) groups is 1. The number of rotatable bonds is 7. The van der Waals surface area contributed by atoms with Crippen LogP contribution in [0.3, 0.4) is 0 Å². The van der Waals surface area contributed by atoms with Crippen molar-refractivity contribution >= 4 is 35.8 Å². The average Bonchev–Trinajstić information content (AvgIpc) is 3.24. The Labute approximate surface area is 197 Å². The molecule has 1 aromatic carbocycles. The predicted molar refractivity (Wildman–Crippen MR) is 130 cm³/mol. The minimum atomic E-state index is 0. The number of likely N-dealkylation sites (tertiary alicyclic amines) is 1. The maximum Gasteiger partial charge on any atom is 0.241 e. The van der Waals surface area contributed by atoms with Gasteiger partial charge in [-0.05, 0) is 44.7 Å². The van der Waals surface area contributed by atoms with Crippen LogP contribution in [-0.2, 0) is 16.1 Å². The molecule has 8 heteroatoms. The number of benzene rings is 1. The van der Waals surface area contributed by atoms with Crippen molar-refractivity contribution in [3.05, 3.63) is 29.3 Å². The summed E-state index contributed by atoms with van der Waals surface area (Å²) in [5, 5.41) is 6.40. The molecule has 0 bridgehead atoms. The Morgan fingerprint density at radius 3 is 2.77 bits per heavy atom. The van der Waals surface area contributed by atoms with E-state index in [1.54, 1.807) is 0 Å². The fourth-order valence-electron chi connectivity index (χ4n) is 3.61. The molecule has 0 radical (unpaired) electrons. The molecule has 0 saturated carbocycles. The zero-order chi connectivity index (χ0) is 20.5. The lowest BCUT2D eigenvalue weighted by molar-refractivity contribution is -0.130. The first-order chi connectivity index (χ1) is 14.2. The van der Waals surface area contributed by atoms with Gasteiger partial charge in [-0.25, -0.2) is 4.99 Å². The molecule has 168 valence electrons. The van der Waals surface area contributed by atoms with E-state index >= 15 is 0 Å². The van der Waals surface area contributed by atoms with Gasteiger partial charge in [0.2, 0.25) is 5.91 Å². The van der Waals surface area contributed by atoms with Crippen molar-refractivity contribution in [2.45, 2.75) is 52.2 Å². The highest BCUT2D eigenvalue weighted by atomic mass is 127. The van der Waals surface area contributed by atoms with Crippen LogP contribution in [0.25, 0.3) is 0 Å². The molecule has 1 aromatic rings. The van der Waals surface area contributed by atoms with E-state index in [2.05, 4.69) is 40.7 Å². The Balaban J connectivity index is 0.00000320. The first kappa shape index (κ1) is 24.7. The standard InChI is InChI=1S/C22H34N4O3.HI/c1-3-23-22(25-15-21(27)26-10-5-4-6-11-26)24-14-18-8-7-17(2)13-20(18)29-19-9-12-28-16-19;/h7-8,13,19H,3-6,9-12,14-16H2,1-2H3,(H2,23,24,25);1H. The van der Waals surface area contributed by atoms with Crippen LogP contribution in [-0.4, -0.2) is 62.3 Å². The normalized spacial score (nSPS) is 19.2. The Morgan fingerprint density at radius 2 is 2.07 bits per heavy atom. The van der Waals surface area contributed by atoms with Crippen LogP contribution in [0.1, 0.15) is 43.7 Å². The zero-order valence-electron chi connectivity index (χ0n) is 18.1. The summed E-state index contributed by atoms with van der Waals surface area (Å²) in [7, 11) is 0. The molecular weight excluding hydrogens is 495 g/mol. The van der Waals surface area contributed by atoms with E-state index in [4.69, 9.17) is 9.47 Å². The Bertz CT molecular complexity index is 702. The molecule has 2 N–H and O–H groups in total. The number of halogens is 1. The van der Waals surface area contributed by atoms with E-state index in [0.29, 0.717) is 19.1 Å². The number of piperidine rings is 1. The van der Waals surface area contributed by atoms with Crippen LogP contribution in [0.5, 0.6) is 5.75 Å². The minimum Gasteiger partial charge on any atom is -0.488 e. The molecular formula is C22H35IN4O3. The molecule has 0 spiro atoms. The van der Waals surface area contributed by atoms with Crippen molar-refractivity contribution < 1.29 is 14.3 Å². The summed E-state index contributed by atoms with van der Waals surface area (Å²) < 4.78 is 11.6. The summed E-state index contributed by atoms with van der Waals surface area (Å²) in [6.07, 6.45) is 4.44. The molecule has 0 aliphatic carbocycles. The lowest BCUT2D eigenvalue weighted by Crippen LogP contribution is -2.46. The highest BCUT2D eigenvalue weighted by Crippen LogP contribution is 2.24. The fraction of sp³-hybridized carbons (Fsp3) is 0.636. The van der Waals surface area contributed by atoms with Gasteiger partial charge in [0.05, 0.1) is 26.3 Å². The Hall–Kier alpha value is -1.55. The van der Waals surface area contributed by atoms with Gasteiger partial charge in [0.1, 0.15) is 11.9 Å². The summed E-state index contributed by atoms with van der Waals surface area (Å²) in [6, 6.07) is 6.19. The number of nitrogens with zero attached hydrogens (tertiary/aromatic N) is 2. The van der Waals surface area contributed by atoms with E-state index < -0.39 is 0 Å². The molecule has 1 unspecified atom stereocenters. The summed E-state index contributed by atoms with van der Waals surface area (Å²) in [5.74, 6) is 1.65. The predicted octanol–water partition coefficient (Wildman–Crippen LogP) is 2.85. The van der Waals surface area contributed by atoms with E-state index in [0.717, 1.165) is 62.4 Å². The Kier molecular flexibility index (Phi) is 10.7. The summed E-state index contributed by atoms with van der Waals surface area (Å²) in [6.45, 7) is 8.68. The maximum atomic E-state index is 12.4. The average molecular weight is 530 g/mol. The maximum absolute atomic E-state index is 12.4. The largest absolute Gasteiger partial charge is 0.488 e. The van der Waals surface area contributed by atoms with Gasteiger partial charge in [0.15, 0.2) is 5.96 Å². The number of amides is 1. The van der Waals surface area contributed by atoms with Crippen molar-refractivity contribution in [3.63, 3.8) is 0 Å². The molecule has 30 heavy (non-hydrogen) atoms. The Morgan fingerprint density at radius 1 is 1.27 bits per heavy atom. The number of carbonyl (C=O) groups excluding carboxylic acids is 1. The highest BCUT2D eigenvalue weighted by Gasteiger charge is 2.19. The first-order valence-corrected chi connectivity index (χ1v) is 10.8. The fourth-order valence-corrected chi connectivity index (χ4v) is 3.61. The van der Waals surface area contributed by atoms with Crippen molar-refractivity contribution in [3.8, 4) is 5.75 Å². The first-order valence-electron chi connectivity index (χ1n) is 10.8. The van der Waals surface area contributed by atoms with Crippen LogP contribution in [0.2, 0.25) is 0 Å². The summed E-state index contributed by atoms with van der Waals surface area (Å²) >= 11 is 0. The van der Waals surface area contributed by atoms with Crippen molar-refractivity contribution in [2.24, 2.45) is 4.99 Å². The van der Waals surface area contributed by atoms with Gasteiger partial charge in [-0.2, -0.15) is 0 Å². The third-order valence-electron chi connectivity index (χ3n) is 5.27. The molecule has 2 fully saturated rings. The molecule has 1 atom stereocenters. The van der Waals surface area contributed by atoms with Gasteiger partial charge in [-0.15, -0.1) is 24.0 Å². The quantitative estimate of drug-likeness (QED) is 0.322. The smallest absolute Gasteiger partial charge is 0.241 e. The van der Waals surface area contributed by atoms with Crippen LogP contribution in [0.15, 0.2) is 23.2 Å². The summed E-state index contributed by atoms with van der Waals surface area (Å²) in [5.41, 5.74) is 2.19. The van der Waals surface area contributed by atoms with E-state index in [-0.39, 0.29) is 42.5 Å². The van der Waals surface area contributed by atoms with Crippen LogP contribution < -0.4 is 15.4 Å². The molecule has 3 rings (SSSR count). The summed E-state index contributed by atoms with van der Waals surface area (Å²) in [4.78, 5) is 19.0. The SMILES string of the molecule is CCNC(=NCc1ccc(C)cc1OC1CCOC1)NCC(=O)N1CCCCC1.I. The number of guanidine groups is 1. The minimum absolute atomic E-state index is 0. The van der Waals surface area contributed by atoms with Gasteiger partial charge in [-0.3, -0.25) is 4.79 Å². The second kappa shape index (κ2) is 13.0. The van der Waals surface area contributed by atoms with Gasteiger partial charge in [0, 0.05) is 31.6 Å². The lowest BCUT2D eigenvalue weighted by atomic mass is 10.1.